The number of halogens is 7. The lowest BCUT2D eigenvalue weighted by Crippen LogP contribution is -2.25. The third kappa shape index (κ3) is 7.70. The summed E-state index contributed by atoms with van der Waals surface area (Å²) in [5, 5.41) is 11.7. The van der Waals surface area contributed by atoms with Crippen molar-refractivity contribution in [2.24, 2.45) is 0 Å². The minimum absolute atomic E-state index is 0.0101. The van der Waals surface area contributed by atoms with Crippen LogP contribution in [0.2, 0.25) is 0 Å². The Morgan fingerprint density at radius 1 is 0.816 bits per heavy atom. The van der Waals surface area contributed by atoms with Crippen LogP contribution in [0.4, 0.5) is 42.4 Å². The van der Waals surface area contributed by atoms with E-state index in [0.29, 0.717) is 28.7 Å². The summed E-state index contributed by atoms with van der Waals surface area (Å²) >= 11 is 1.39. The molecular formula is C34H26F7N7S. The molecule has 3 heterocycles. The van der Waals surface area contributed by atoms with Crippen LogP contribution in [0.25, 0.3) is 21.1 Å². The Morgan fingerprint density at radius 2 is 1.51 bits per heavy atom. The highest BCUT2D eigenvalue weighted by Gasteiger charge is 2.36. The van der Waals surface area contributed by atoms with Gasteiger partial charge in [-0.1, -0.05) is 36.4 Å². The monoisotopic (exact) mass is 697 g/mol. The fourth-order valence-electron chi connectivity index (χ4n) is 5.22. The van der Waals surface area contributed by atoms with Crippen LogP contribution in [0.5, 0.6) is 0 Å². The van der Waals surface area contributed by atoms with Crippen molar-refractivity contribution in [2.45, 2.75) is 31.9 Å². The number of para-hydroxylation sites is 1. The highest BCUT2D eigenvalue weighted by atomic mass is 32.1. The summed E-state index contributed by atoms with van der Waals surface area (Å²) in [4.78, 5) is 19.9. The van der Waals surface area contributed by atoms with Gasteiger partial charge < -0.3 is 9.80 Å². The number of anilines is 2. The average molecular weight is 698 g/mol. The number of alkyl halides is 6. The van der Waals surface area contributed by atoms with Crippen LogP contribution in [0.3, 0.4) is 0 Å². The molecule has 0 fully saturated rings. The van der Waals surface area contributed by atoms with E-state index < -0.39 is 35.3 Å². The van der Waals surface area contributed by atoms with E-state index in [0.717, 1.165) is 28.3 Å². The summed E-state index contributed by atoms with van der Waals surface area (Å²) in [5.41, 5.74) is -0.216. The number of hydrogen-bond donors (Lipinski definition) is 0. The molecule has 0 N–H and O–H groups in total. The van der Waals surface area contributed by atoms with Gasteiger partial charge in [-0.3, -0.25) is 0 Å². The number of rotatable bonds is 6. The van der Waals surface area contributed by atoms with Gasteiger partial charge in [0.05, 0.1) is 32.9 Å². The first kappa shape index (κ1) is 35.0. The summed E-state index contributed by atoms with van der Waals surface area (Å²) in [6.45, 7) is 1.62. The van der Waals surface area contributed by atoms with E-state index in [-0.39, 0.29) is 23.5 Å². The molecule has 15 heteroatoms. The Balaban J connectivity index is 0.000000191. The highest BCUT2D eigenvalue weighted by molar-refractivity contribution is 7.17. The first-order valence-electron chi connectivity index (χ1n) is 14.5. The number of fused-ring (bicyclic) bond motifs is 2. The van der Waals surface area contributed by atoms with Crippen LogP contribution >= 0.6 is 11.3 Å². The van der Waals surface area contributed by atoms with Crippen molar-refractivity contribution in [3.05, 3.63) is 118 Å². The predicted octanol–water partition coefficient (Wildman–Crippen LogP) is 9.20. The van der Waals surface area contributed by atoms with Gasteiger partial charge in [0.15, 0.2) is 5.82 Å². The molecule has 1 unspecified atom stereocenters. The quantitative estimate of drug-likeness (QED) is 0.161. The smallest absolute Gasteiger partial charge is 0.355 e. The molecule has 0 amide bonds. The van der Waals surface area contributed by atoms with E-state index >= 15 is 0 Å². The predicted molar refractivity (Wildman–Crippen MR) is 173 cm³/mol. The minimum Gasteiger partial charge on any atom is -0.355 e. The van der Waals surface area contributed by atoms with E-state index in [9.17, 15) is 30.7 Å². The molecule has 0 aliphatic carbocycles. The summed E-state index contributed by atoms with van der Waals surface area (Å²) in [5.74, 6) is 0.0318. The van der Waals surface area contributed by atoms with Crippen molar-refractivity contribution >= 4 is 44.1 Å². The number of benzene rings is 3. The summed E-state index contributed by atoms with van der Waals surface area (Å²) in [7, 11) is 3.30. The van der Waals surface area contributed by atoms with Gasteiger partial charge in [0.2, 0.25) is 5.82 Å². The van der Waals surface area contributed by atoms with Crippen LogP contribution in [-0.4, -0.2) is 34.0 Å². The number of nitriles is 1. The first-order valence-corrected chi connectivity index (χ1v) is 15.4. The summed E-state index contributed by atoms with van der Waals surface area (Å²) in [6, 6.07) is 18.5. The zero-order chi connectivity index (χ0) is 35.5. The second-order valence-corrected chi connectivity index (χ2v) is 11.8. The van der Waals surface area contributed by atoms with Crippen molar-refractivity contribution < 1.29 is 30.7 Å². The average Bonchev–Trinajstić information content (AvgIpc) is 3.56. The lowest BCUT2D eigenvalue weighted by molar-refractivity contribution is -0.139. The van der Waals surface area contributed by atoms with Gasteiger partial charge in [-0.2, -0.15) is 31.6 Å². The molecule has 7 nitrogen and oxygen atoms in total. The molecule has 3 aromatic heterocycles. The zero-order valence-electron chi connectivity index (χ0n) is 26.1. The molecule has 0 bridgehead atoms. The maximum atomic E-state index is 13.3. The molecular weight excluding hydrogens is 671 g/mol. The Labute approximate surface area is 279 Å². The second-order valence-electron chi connectivity index (χ2n) is 10.9. The topological polar surface area (TPSA) is 81.8 Å². The van der Waals surface area contributed by atoms with Gasteiger partial charge in [-0.05, 0) is 59.8 Å². The van der Waals surface area contributed by atoms with Crippen molar-refractivity contribution in [1.82, 2.24) is 19.9 Å². The Morgan fingerprint density at radius 3 is 2.22 bits per heavy atom. The molecule has 0 saturated heterocycles. The maximum absolute atomic E-state index is 13.3. The molecule has 1 atom stereocenters. The third-order valence-corrected chi connectivity index (χ3v) is 8.58. The van der Waals surface area contributed by atoms with E-state index in [4.69, 9.17) is 5.26 Å². The highest BCUT2D eigenvalue weighted by Crippen LogP contribution is 2.39. The lowest BCUT2D eigenvalue weighted by Gasteiger charge is -2.28. The Hall–Kier alpha value is -5.36. The number of hydrogen-bond acceptors (Lipinski definition) is 8. The standard InChI is InChI=1S/C17H13F4N3.C17H13F3N4S/c1-24(16-13-4-2-3-5-15(13)22-10-23-16)9-11-6-7-12(18)8-14(11)17(19,20)21;1-10(11-5-3-4-6-12(11)17(18,19)20)24(2)16-15-13(7-8-25-15)22-14(9-21)23-16/h2-8,10H,9H2,1H3;3-8,10H,1-2H3. The number of nitrogens with zero attached hydrogens (tertiary/aromatic N) is 7. The molecule has 0 spiro atoms. The summed E-state index contributed by atoms with van der Waals surface area (Å²) in [6.07, 6.45) is -7.69. The van der Waals surface area contributed by atoms with Gasteiger partial charge in [-0.15, -0.1) is 11.3 Å². The van der Waals surface area contributed by atoms with Crippen LogP contribution in [0, 0.1) is 17.1 Å². The zero-order valence-corrected chi connectivity index (χ0v) is 26.9. The van der Waals surface area contributed by atoms with Gasteiger partial charge >= 0.3 is 12.4 Å². The van der Waals surface area contributed by atoms with Gasteiger partial charge in [-0.25, -0.2) is 24.3 Å². The largest absolute Gasteiger partial charge is 0.416 e. The second kappa shape index (κ2) is 14.0. The fourth-order valence-corrected chi connectivity index (χ4v) is 6.09. The van der Waals surface area contributed by atoms with Crippen LogP contribution in [0.15, 0.2) is 84.5 Å². The molecule has 0 saturated carbocycles. The molecule has 6 rings (SSSR count). The van der Waals surface area contributed by atoms with Gasteiger partial charge in [0.1, 0.15) is 24.0 Å². The number of thiophene rings is 1. The van der Waals surface area contributed by atoms with Crippen LogP contribution in [0.1, 0.15) is 41.0 Å². The molecule has 49 heavy (non-hydrogen) atoms. The van der Waals surface area contributed by atoms with Crippen molar-refractivity contribution in [1.29, 1.82) is 5.26 Å². The van der Waals surface area contributed by atoms with Crippen molar-refractivity contribution in [3.8, 4) is 6.07 Å². The molecule has 0 aliphatic heterocycles. The van der Waals surface area contributed by atoms with E-state index in [1.807, 2.05) is 23.6 Å². The lowest BCUT2D eigenvalue weighted by atomic mass is 10.00. The van der Waals surface area contributed by atoms with Crippen LogP contribution < -0.4 is 9.80 Å². The van der Waals surface area contributed by atoms with Gasteiger partial charge in [0.25, 0.3) is 0 Å². The molecule has 0 aliphatic rings. The van der Waals surface area contributed by atoms with E-state index in [1.54, 1.807) is 55.1 Å². The Kier molecular flexibility index (Phi) is 10.00. The van der Waals surface area contributed by atoms with E-state index in [1.165, 1.54) is 29.8 Å². The fraction of sp³-hybridized carbons (Fsp3) is 0.206. The molecule has 252 valence electrons. The van der Waals surface area contributed by atoms with Crippen LogP contribution in [-0.2, 0) is 18.9 Å². The Bertz CT molecular complexity index is 2140. The minimum atomic E-state index is -4.62. The SMILES string of the molecule is CC(c1ccccc1C(F)(F)F)N(C)c1nc(C#N)nc2ccsc12.CN(Cc1ccc(F)cc1C(F)(F)F)c1ncnc2ccccc12. The molecule has 3 aromatic carbocycles. The molecule has 6 aromatic rings. The number of aromatic nitrogens is 4. The normalized spacial score (nSPS) is 12.3. The third-order valence-electron chi connectivity index (χ3n) is 7.69. The maximum Gasteiger partial charge on any atom is 0.416 e. The van der Waals surface area contributed by atoms with E-state index in [2.05, 4.69) is 19.9 Å². The first-order chi connectivity index (χ1) is 23.2. The van der Waals surface area contributed by atoms with Gasteiger partial charge in [0, 0.05) is 26.0 Å². The summed E-state index contributed by atoms with van der Waals surface area (Å²) < 4.78 is 93.3. The molecule has 0 radical (unpaired) electrons. The van der Waals surface area contributed by atoms with Crippen molar-refractivity contribution in [2.75, 3.05) is 23.9 Å². The van der Waals surface area contributed by atoms with Crippen molar-refractivity contribution in [3.63, 3.8) is 0 Å².